The lowest BCUT2D eigenvalue weighted by Gasteiger charge is -2.04. The molecule has 0 spiro atoms. The number of aromatic nitrogens is 3. The van der Waals surface area contributed by atoms with Crippen molar-refractivity contribution in [2.24, 2.45) is 0 Å². The largest absolute Gasteiger partial charge is 0.380 e. The van der Waals surface area contributed by atoms with E-state index >= 15 is 0 Å². The molecule has 0 radical (unpaired) electrons. The van der Waals surface area contributed by atoms with Gasteiger partial charge in [0.05, 0.1) is 0 Å². The van der Waals surface area contributed by atoms with Crippen LogP contribution in [0.15, 0.2) is 28.7 Å². The average molecular weight is 267 g/mol. The highest BCUT2D eigenvalue weighted by molar-refractivity contribution is 9.10. The van der Waals surface area contributed by atoms with E-state index in [1.165, 1.54) is 0 Å². The molecule has 1 aromatic carbocycles. The van der Waals surface area contributed by atoms with E-state index in [2.05, 4.69) is 26.2 Å². The van der Waals surface area contributed by atoms with E-state index in [9.17, 15) is 0 Å². The number of benzene rings is 1. The van der Waals surface area contributed by atoms with Gasteiger partial charge in [0, 0.05) is 16.6 Å². The Morgan fingerprint density at radius 3 is 2.60 bits per heavy atom. The summed E-state index contributed by atoms with van der Waals surface area (Å²) in [5, 5.41) is 7.83. The minimum atomic E-state index is 0.471. The summed E-state index contributed by atoms with van der Waals surface area (Å²) in [7, 11) is 0. The molecular formula is C10H11BrN4. The smallest absolute Gasteiger partial charge is 0.174 e. The van der Waals surface area contributed by atoms with E-state index in [1.54, 1.807) is 4.68 Å². The quantitative estimate of drug-likeness (QED) is 0.908. The summed E-state index contributed by atoms with van der Waals surface area (Å²) in [6, 6.07) is 7.93. The van der Waals surface area contributed by atoms with E-state index in [0.29, 0.717) is 5.82 Å². The zero-order valence-electron chi connectivity index (χ0n) is 8.31. The van der Waals surface area contributed by atoms with Crippen LogP contribution in [0.3, 0.4) is 0 Å². The Bertz CT molecular complexity index is 461. The van der Waals surface area contributed by atoms with E-state index in [1.807, 2.05) is 31.2 Å². The van der Waals surface area contributed by atoms with Crippen LogP contribution in [0.1, 0.15) is 6.92 Å². The first-order valence-corrected chi connectivity index (χ1v) is 5.46. The Balaban J connectivity index is 2.52. The van der Waals surface area contributed by atoms with Gasteiger partial charge in [0.15, 0.2) is 5.82 Å². The van der Waals surface area contributed by atoms with Gasteiger partial charge in [0.2, 0.25) is 0 Å². The zero-order valence-corrected chi connectivity index (χ0v) is 9.90. The Morgan fingerprint density at radius 2 is 2.00 bits per heavy atom. The van der Waals surface area contributed by atoms with Gasteiger partial charge in [-0.15, -0.1) is 5.10 Å². The summed E-state index contributed by atoms with van der Waals surface area (Å²) < 4.78 is 2.83. The highest BCUT2D eigenvalue weighted by atomic mass is 79.9. The molecule has 0 aliphatic rings. The standard InChI is InChI=1S/C10H11BrN4/c1-2-15-9(10(12)13-14-15)7-3-5-8(11)6-4-7/h3-6H,2,12H2,1H3. The van der Waals surface area contributed by atoms with Crippen molar-refractivity contribution in [2.45, 2.75) is 13.5 Å². The third kappa shape index (κ3) is 1.87. The lowest BCUT2D eigenvalue weighted by Crippen LogP contribution is -2.00. The number of nitrogens with two attached hydrogens (primary N) is 1. The fourth-order valence-corrected chi connectivity index (χ4v) is 1.72. The summed E-state index contributed by atoms with van der Waals surface area (Å²) in [6.45, 7) is 2.77. The Labute approximate surface area is 96.2 Å². The molecular weight excluding hydrogens is 256 g/mol. The Hall–Kier alpha value is -1.36. The first kappa shape index (κ1) is 10.2. The van der Waals surface area contributed by atoms with E-state index in [-0.39, 0.29) is 0 Å². The molecule has 15 heavy (non-hydrogen) atoms. The molecule has 0 amide bonds. The monoisotopic (exact) mass is 266 g/mol. The fraction of sp³-hybridized carbons (Fsp3) is 0.200. The van der Waals surface area contributed by atoms with Gasteiger partial charge in [0.25, 0.3) is 0 Å². The van der Waals surface area contributed by atoms with Crippen molar-refractivity contribution >= 4 is 21.7 Å². The molecule has 0 aliphatic heterocycles. The second-order valence-electron chi connectivity index (χ2n) is 3.15. The minimum absolute atomic E-state index is 0.471. The van der Waals surface area contributed by atoms with Crippen LogP contribution in [0, 0.1) is 0 Å². The molecule has 0 bridgehead atoms. The molecule has 0 saturated heterocycles. The number of hydrogen-bond acceptors (Lipinski definition) is 3. The highest BCUT2D eigenvalue weighted by Gasteiger charge is 2.10. The van der Waals surface area contributed by atoms with Gasteiger partial charge in [0.1, 0.15) is 5.69 Å². The number of rotatable bonds is 2. The van der Waals surface area contributed by atoms with Crippen molar-refractivity contribution < 1.29 is 0 Å². The predicted octanol–water partition coefficient (Wildman–Crippen LogP) is 2.31. The Morgan fingerprint density at radius 1 is 1.33 bits per heavy atom. The number of hydrogen-bond donors (Lipinski definition) is 1. The van der Waals surface area contributed by atoms with Crippen molar-refractivity contribution in [3.8, 4) is 11.3 Å². The van der Waals surface area contributed by atoms with Gasteiger partial charge in [-0.1, -0.05) is 33.3 Å². The van der Waals surface area contributed by atoms with Crippen molar-refractivity contribution in [3.05, 3.63) is 28.7 Å². The topological polar surface area (TPSA) is 56.7 Å². The molecule has 4 nitrogen and oxygen atoms in total. The molecule has 5 heteroatoms. The molecule has 1 aromatic heterocycles. The molecule has 2 rings (SSSR count). The average Bonchev–Trinajstić information content (AvgIpc) is 2.61. The fourth-order valence-electron chi connectivity index (χ4n) is 1.45. The van der Waals surface area contributed by atoms with Crippen LogP contribution in [0.2, 0.25) is 0 Å². The molecule has 78 valence electrons. The lowest BCUT2D eigenvalue weighted by molar-refractivity contribution is 0.633. The second-order valence-corrected chi connectivity index (χ2v) is 4.06. The minimum Gasteiger partial charge on any atom is -0.380 e. The molecule has 2 aromatic rings. The van der Waals surface area contributed by atoms with Gasteiger partial charge in [-0.05, 0) is 19.1 Å². The summed E-state index contributed by atoms with van der Waals surface area (Å²) >= 11 is 3.39. The van der Waals surface area contributed by atoms with Gasteiger partial charge in [-0.3, -0.25) is 0 Å². The van der Waals surface area contributed by atoms with Gasteiger partial charge < -0.3 is 5.73 Å². The van der Waals surface area contributed by atoms with Crippen LogP contribution in [0.25, 0.3) is 11.3 Å². The maximum absolute atomic E-state index is 5.78. The van der Waals surface area contributed by atoms with Crippen LogP contribution >= 0.6 is 15.9 Å². The first-order valence-electron chi connectivity index (χ1n) is 4.67. The summed E-state index contributed by atoms with van der Waals surface area (Å²) in [5.74, 6) is 0.471. The zero-order chi connectivity index (χ0) is 10.8. The molecule has 0 saturated carbocycles. The summed E-state index contributed by atoms with van der Waals surface area (Å²) in [4.78, 5) is 0. The second kappa shape index (κ2) is 4.02. The lowest BCUT2D eigenvalue weighted by atomic mass is 10.1. The maximum Gasteiger partial charge on any atom is 0.174 e. The third-order valence-corrected chi connectivity index (χ3v) is 2.71. The van der Waals surface area contributed by atoms with Crippen LogP contribution in [-0.4, -0.2) is 15.0 Å². The normalized spacial score (nSPS) is 10.5. The van der Waals surface area contributed by atoms with Crippen molar-refractivity contribution in [2.75, 3.05) is 5.73 Å². The van der Waals surface area contributed by atoms with Crippen molar-refractivity contribution in [3.63, 3.8) is 0 Å². The van der Waals surface area contributed by atoms with Crippen LogP contribution in [0.4, 0.5) is 5.82 Å². The molecule has 0 aliphatic carbocycles. The van der Waals surface area contributed by atoms with Crippen LogP contribution in [0.5, 0.6) is 0 Å². The van der Waals surface area contributed by atoms with E-state index in [0.717, 1.165) is 22.3 Å². The highest BCUT2D eigenvalue weighted by Crippen LogP contribution is 2.25. The Kier molecular flexibility index (Phi) is 2.73. The molecule has 2 N–H and O–H groups in total. The summed E-state index contributed by atoms with van der Waals surface area (Å²) in [6.07, 6.45) is 0. The number of halogens is 1. The number of nitrogen functional groups attached to an aromatic ring is 1. The van der Waals surface area contributed by atoms with Gasteiger partial charge >= 0.3 is 0 Å². The molecule has 0 unspecified atom stereocenters. The van der Waals surface area contributed by atoms with Gasteiger partial charge in [-0.2, -0.15) is 0 Å². The predicted molar refractivity (Wildman–Crippen MR) is 63.2 cm³/mol. The van der Waals surface area contributed by atoms with E-state index in [4.69, 9.17) is 5.73 Å². The first-order chi connectivity index (χ1) is 7.22. The number of aryl methyl sites for hydroxylation is 1. The molecule has 0 atom stereocenters. The number of nitrogens with zero attached hydrogens (tertiary/aromatic N) is 3. The van der Waals surface area contributed by atoms with E-state index < -0.39 is 0 Å². The maximum atomic E-state index is 5.78. The van der Waals surface area contributed by atoms with Gasteiger partial charge in [-0.25, -0.2) is 4.68 Å². The SMILES string of the molecule is CCn1nnc(N)c1-c1ccc(Br)cc1. The number of anilines is 1. The van der Waals surface area contributed by atoms with Crippen LogP contribution < -0.4 is 5.73 Å². The van der Waals surface area contributed by atoms with Crippen molar-refractivity contribution in [1.29, 1.82) is 0 Å². The third-order valence-electron chi connectivity index (χ3n) is 2.18. The molecule has 0 fully saturated rings. The van der Waals surface area contributed by atoms with Crippen LogP contribution in [-0.2, 0) is 6.54 Å². The summed E-state index contributed by atoms with van der Waals surface area (Å²) in [5.41, 5.74) is 7.69. The molecule has 1 heterocycles. The van der Waals surface area contributed by atoms with Crippen molar-refractivity contribution in [1.82, 2.24) is 15.0 Å².